The molecule has 0 spiro atoms. The molecule has 0 fully saturated rings. The summed E-state index contributed by atoms with van der Waals surface area (Å²) in [5.41, 5.74) is 4.98. The third kappa shape index (κ3) is 4.23. The molecule has 3 heteroatoms. The van der Waals surface area contributed by atoms with Crippen LogP contribution in [0.5, 0.6) is 0 Å². The minimum Gasteiger partial charge on any atom is -1.00 e. The fourth-order valence-electron chi connectivity index (χ4n) is 2.17. The molecule has 1 aliphatic rings. The number of benzene rings is 1. The summed E-state index contributed by atoms with van der Waals surface area (Å²) in [6, 6.07) is 8.87. The molecule has 0 bridgehead atoms. The van der Waals surface area contributed by atoms with Crippen LogP contribution >= 0.6 is 0 Å². The standard InChI is InChI=1S/C14H17.2ClH.Zr/c1-14(2,3)10-12-9-8-11-6-4-5-7-13(11)12;;;/h4-9H,10H2,1-3H3;2*1H;/q;;;+2/p-2. The molecule has 91 valence electrons. The molecule has 0 nitrogen and oxygen atoms in total. The van der Waals surface area contributed by atoms with E-state index in [0.717, 1.165) is 0 Å². The van der Waals surface area contributed by atoms with Gasteiger partial charge in [0.2, 0.25) is 0 Å². The molecular weight excluding hydrogens is 330 g/mol. The van der Waals surface area contributed by atoms with E-state index in [1.807, 2.05) is 0 Å². The zero-order chi connectivity index (χ0) is 11.1. The van der Waals surface area contributed by atoms with Gasteiger partial charge in [-0.1, -0.05) is 0 Å². The average Bonchev–Trinajstić information content (AvgIpc) is 2.42. The number of halogens is 2. The molecular formula is C14H17Cl2Zr. The number of rotatable bonds is 1. The quantitative estimate of drug-likeness (QED) is 0.558. The van der Waals surface area contributed by atoms with Crippen molar-refractivity contribution >= 4 is 5.57 Å². The van der Waals surface area contributed by atoms with Gasteiger partial charge in [-0.2, -0.15) is 0 Å². The van der Waals surface area contributed by atoms with Gasteiger partial charge in [-0.15, -0.1) is 0 Å². The Morgan fingerprint density at radius 2 is 1.71 bits per heavy atom. The summed E-state index contributed by atoms with van der Waals surface area (Å²) in [4.78, 5) is 0. The number of fused-ring (bicyclic) bond motifs is 1. The summed E-state index contributed by atoms with van der Waals surface area (Å²) in [6.45, 7) is 6.94. The third-order valence-corrected chi connectivity index (χ3v) is 3.90. The van der Waals surface area contributed by atoms with Gasteiger partial charge in [0.1, 0.15) is 0 Å². The first-order chi connectivity index (χ1) is 6.97. The van der Waals surface area contributed by atoms with Gasteiger partial charge in [-0.25, -0.2) is 0 Å². The Morgan fingerprint density at radius 3 is 2.29 bits per heavy atom. The number of hydrogen-bond acceptors (Lipinski definition) is 0. The molecule has 0 radical (unpaired) electrons. The minimum absolute atomic E-state index is 0. The zero-order valence-corrected chi connectivity index (χ0v) is 14.4. The first kappa shape index (κ1) is 17.4. The Balaban J connectivity index is 0.00000128. The SMILES string of the molecule is CC(C)(C)CC1=C[CH]([Zr+2])c2ccccc21.[Cl-].[Cl-]. The van der Waals surface area contributed by atoms with E-state index < -0.39 is 0 Å². The predicted octanol–water partition coefficient (Wildman–Crippen LogP) is -1.88. The molecule has 2 rings (SSSR count). The second-order valence-electron chi connectivity index (χ2n) is 5.49. The van der Waals surface area contributed by atoms with Gasteiger partial charge < -0.3 is 24.8 Å². The molecule has 1 unspecified atom stereocenters. The van der Waals surface area contributed by atoms with Crippen molar-refractivity contribution in [3.8, 4) is 0 Å². The van der Waals surface area contributed by atoms with Gasteiger partial charge in [-0.05, 0) is 0 Å². The summed E-state index contributed by atoms with van der Waals surface area (Å²) < 4.78 is 0.686. The molecule has 1 aromatic carbocycles. The maximum atomic E-state index is 2.47. The van der Waals surface area contributed by atoms with Gasteiger partial charge in [0.15, 0.2) is 0 Å². The Bertz CT molecular complexity index is 405. The molecule has 0 aromatic heterocycles. The smallest absolute Gasteiger partial charge is 1.00 e. The van der Waals surface area contributed by atoms with Crippen molar-refractivity contribution in [2.24, 2.45) is 5.41 Å². The first-order valence-corrected chi connectivity index (χ1v) is 6.90. The molecule has 0 saturated carbocycles. The van der Waals surface area contributed by atoms with E-state index in [1.54, 1.807) is 30.3 Å². The normalized spacial score (nSPS) is 17.7. The molecule has 17 heavy (non-hydrogen) atoms. The van der Waals surface area contributed by atoms with Crippen molar-refractivity contribution in [2.75, 3.05) is 0 Å². The van der Waals surface area contributed by atoms with E-state index in [1.165, 1.54) is 17.5 Å². The molecule has 0 amide bonds. The molecule has 0 N–H and O–H groups in total. The van der Waals surface area contributed by atoms with Crippen molar-refractivity contribution in [1.29, 1.82) is 0 Å². The van der Waals surface area contributed by atoms with Gasteiger partial charge >= 0.3 is 108 Å². The van der Waals surface area contributed by atoms with Crippen LogP contribution in [0.3, 0.4) is 0 Å². The summed E-state index contributed by atoms with van der Waals surface area (Å²) in [7, 11) is 0. The Morgan fingerprint density at radius 1 is 1.12 bits per heavy atom. The van der Waals surface area contributed by atoms with E-state index in [4.69, 9.17) is 0 Å². The monoisotopic (exact) mass is 345 g/mol. The fraction of sp³-hybridized carbons (Fsp3) is 0.429. The molecule has 0 saturated heterocycles. The van der Waals surface area contributed by atoms with E-state index >= 15 is 0 Å². The summed E-state index contributed by atoms with van der Waals surface area (Å²) >= 11 is 1.60. The van der Waals surface area contributed by atoms with E-state index in [0.29, 0.717) is 9.04 Å². The zero-order valence-electron chi connectivity index (χ0n) is 10.4. The largest absolute Gasteiger partial charge is 1.00 e. The minimum atomic E-state index is 0. The van der Waals surface area contributed by atoms with Crippen molar-refractivity contribution in [1.82, 2.24) is 0 Å². The Labute approximate surface area is 132 Å². The van der Waals surface area contributed by atoms with E-state index in [9.17, 15) is 0 Å². The number of hydrogen-bond donors (Lipinski definition) is 0. The van der Waals surface area contributed by atoms with Crippen LogP contribution in [-0.2, 0) is 24.7 Å². The average molecular weight is 347 g/mol. The van der Waals surface area contributed by atoms with Gasteiger partial charge in [-0.3, -0.25) is 0 Å². The predicted molar refractivity (Wildman–Crippen MR) is 61.2 cm³/mol. The van der Waals surface area contributed by atoms with Crippen molar-refractivity contribution < 1.29 is 49.5 Å². The van der Waals surface area contributed by atoms with Crippen molar-refractivity contribution in [3.63, 3.8) is 0 Å². The Hall–Kier alpha value is 0.423. The van der Waals surface area contributed by atoms with E-state index in [2.05, 4.69) is 51.1 Å². The second-order valence-corrected chi connectivity index (χ2v) is 7.02. The maximum Gasteiger partial charge on any atom is -1.00 e. The van der Waals surface area contributed by atoms with Crippen LogP contribution in [0.4, 0.5) is 0 Å². The van der Waals surface area contributed by atoms with Crippen LogP contribution in [0.1, 0.15) is 41.9 Å². The topological polar surface area (TPSA) is 0 Å². The molecule has 1 aliphatic carbocycles. The van der Waals surface area contributed by atoms with Crippen molar-refractivity contribution in [3.05, 3.63) is 41.5 Å². The number of allylic oxidation sites excluding steroid dienone is 2. The summed E-state index contributed by atoms with van der Waals surface area (Å²) in [5, 5.41) is 0. The van der Waals surface area contributed by atoms with Crippen molar-refractivity contribution in [2.45, 2.75) is 30.8 Å². The van der Waals surface area contributed by atoms with Gasteiger partial charge in [0.05, 0.1) is 0 Å². The summed E-state index contributed by atoms with van der Waals surface area (Å²) in [6.07, 6.45) is 3.66. The van der Waals surface area contributed by atoms with Gasteiger partial charge in [0, 0.05) is 0 Å². The van der Waals surface area contributed by atoms with Crippen LogP contribution < -0.4 is 24.8 Å². The molecule has 1 aromatic rings. The second kappa shape index (κ2) is 6.55. The van der Waals surface area contributed by atoms with Gasteiger partial charge in [0.25, 0.3) is 0 Å². The molecule has 1 atom stereocenters. The first-order valence-electron chi connectivity index (χ1n) is 5.48. The van der Waals surface area contributed by atoms with Crippen LogP contribution in [0.15, 0.2) is 30.3 Å². The van der Waals surface area contributed by atoms with Crippen LogP contribution in [0.25, 0.3) is 5.57 Å². The molecule has 0 heterocycles. The van der Waals surface area contributed by atoms with Crippen LogP contribution in [0, 0.1) is 5.41 Å². The van der Waals surface area contributed by atoms with Crippen LogP contribution in [-0.4, -0.2) is 0 Å². The summed E-state index contributed by atoms with van der Waals surface area (Å²) in [5.74, 6) is 0. The maximum absolute atomic E-state index is 2.47. The molecule has 0 aliphatic heterocycles. The fourth-order valence-corrected chi connectivity index (χ4v) is 3.28. The van der Waals surface area contributed by atoms with Crippen LogP contribution in [0.2, 0.25) is 0 Å². The Kier molecular flexibility index (Phi) is 6.71. The van der Waals surface area contributed by atoms with E-state index in [-0.39, 0.29) is 24.8 Å². The third-order valence-electron chi connectivity index (χ3n) is 2.73.